The van der Waals surface area contributed by atoms with Gasteiger partial charge in [-0.25, -0.2) is 9.37 Å². The van der Waals surface area contributed by atoms with Crippen LogP contribution in [0.1, 0.15) is 22.4 Å². The zero-order chi connectivity index (χ0) is 17.4. The van der Waals surface area contributed by atoms with E-state index in [9.17, 15) is 4.39 Å². The van der Waals surface area contributed by atoms with Gasteiger partial charge in [-0.2, -0.15) is 0 Å². The third kappa shape index (κ3) is 3.37. The first kappa shape index (κ1) is 16.1. The van der Waals surface area contributed by atoms with E-state index >= 15 is 0 Å². The van der Waals surface area contributed by atoms with Crippen molar-refractivity contribution in [2.45, 2.75) is 32.8 Å². The number of aromatic amines is 1. The fraction of sp³-hybridized carbons (Fsp3) is 0.350. The topological polar surface area (TPSA) is 50.4 Å². The first-order valence-electron chi connectivity index (χ1n) is 8.57. The summed E-state index contributed by atoms with van der Waals surface area (Å²) in [5.74, 6) is 0.398. The number of benzene rings is 1. The summed E-state index contributed by atoms with van der Waals surface area (Å²) in [6.45, 7) is 5.51. The van der Waals surface area contributed by atoms with Crippen molar-refractivity contribution in [3.63, 3.8) is 0 Å². The molecule has 2 aromatic heterocycles. The number of aromatic nitrogens is 2. The van der Waals surface area contributed by atoms with Crippen LogP contribution >= 0.6 is 0 Å². The Balaban J connectivity index is 1.55. The van der Waals surface area contributed by atoms with Crippen molar-refractivity contribution >= 4 is 10.9 Å². The molecule has 1 fully saturated rings. The number of hydrogen-bond donors (Lipinski definition) is 1. The van der Waals surface area contributed by atoms with Crippen molar-refractivity contribution in [1.82, 2.24) is 9.97 Å². The molecule has 25 heavy (non-hydrogen) atoms. The number of rotatable bonds is 6. The van der Waals surface area contributed by atoms with E-state index in [0.717, 1.165) is 29.8 Å². The van der Waals surface area contributed by atoms with Crippen molar-refractivity contribution in [1.29, 1.82) is 0 Å². The SMILES string of the molecule is Cc1[nH]c2c(OCCc3ccc(F)cc3)ncc(CC3CO3)c2c1C. The van der Waals surface area contributed by atoms with Gasteiger partial charge >= 0.3 is 0 Å². The minimum Gasteiger partial charge on any atom is -0.476 e. The Morgan fingerprint density at radius 2 is 2.04 bits per heavy atom. The molecule has 130 valence electrons. The number of nitrogens with zero attached hydrogens (tertiary/aromatic N) is 1. The van der Waals surface area contributed by atoms with E-state index in [1.165, 1.54) is 28.6 Å². The molecule has 0 bridgehead atoms. The van der Waals surface area contributed by atoms with Crippen molar-refractivity contribution in [2.24, 2.45) is 0 Å². The van der Waals surface area contributed by atoms with Gasteiger partial charge in [-0.05, 0) is 42.7 Å². The molecule has 1 saturated heterocycles. The molecule has 4 rings (SSSR count). The van der Waals surface area contributed by atoms with Gasteiger partial charge in [0, 0.05) is 30.1 Å². The second kappa shape index (κ2) is 6.48. The maximum absolute atomic E-state index is 13.0. The average Bonchev–Trinajstić information content (AvgIpc) is 3.36. The van der Waals surface area contributed by atoms with Crippen molar-refractivity contribution in [3.8, 4) is 5.88 Å². The molecule has 5 heteroatoms. The number of epoxide rings is 1. The maximum atomic E-state index is 13.0. The standard InChI is InChI=1S/C20H21FN2O2/c1-12-13(2)23-19-18(12)15(9-17-11-25-17)10-22-20(19)24-8-7-14-3-5-16(21)6-4-14/h3-6,10,17,23H,7-9,11H2,1-2H3. The summed E-state index contributed by atoms with van der Waals surface area (Å²) >= 11 is 0. The smallest absolute Gasteiger partial charge is 0.238 e. The first-order valence-corrected chi connectivity index (χ1v) is 8.57. The Labute approximate surface area is 146 Å². The molecule has 1 aliphatic rings. The number of halogens is 1. The third-order valence-electron chi connectivity index (χ3n) is 4.77. The van der Waals surface area contributed by atoms with E-state index in [0.29, 0.717) is 25.0 Å². The zero-order valence-electron chi connectivity index (χ0n) is 14.4. The molecule has 1 aromatic carbocycles. The number of pyridine rings is 1. The van der Waals surface area contributed by atoms with Gasteiger partial charge in [-0.1, -0.05) is 12.1 Å². The predicted octanol–water partition coefficient (Wildman–Crippen LogP) is 3.88. The summed E-state index contributed by atoms with van der Waals surface area (Å²) in [4.78, 5) is 7.93. The molecule has 3 aromatic rings. The van der Waals surface area contributed by atoms with E-state index < -0.39 is 0 Å². The molecule has 1 atom stereocenters. The molecular weight excluding hydrogens is 319 g/mol. The molecule has 0 aliphatic carbocycles. The summed E-state index contributed by atoms with van der Waals surface area (Å²) in [6, 6.07) is 6.50. The molecule has 0 amide bonds. The average molecular weight is 340 g/mol. The Morgan fingerprint density at radius 3 is 2.76 bits per heavy atom. The second-order valence-corrected chi connectivity index (χ2v) is 6.60. The second-order valence-electron chi connectivity index (χ2n) is 6.60. The van der Waals surface area contributed by atoms with Crippen molar-refractivity contribution < 1.29 is 13.9 Å². The van der Waals surface area contributed by atoms with Gasteiger partial charge in [0.25, 0.3) is 0 Å². The monoisotopic (exact) mass is 340 g/mol. The molecule has 1 aliphatic heterocycles. The van der Waals surface area contributed by atoms with Gasteiger partial charge in [0.2, 0.25) is 5.88 Å². The summed E-state index contributed by atoms with van der Waals surface area (Å²) in [5, 5.41) is 1.19. The highest BCUT2D eigenvalue weighted by atomic mass is 19.1. The number of nitrogens with one attached hydrogen (secondary N) is 1. The van der Waals surface area contributed by atoms with E-state index in [-0.39, 0.29) is 5.82 Å². The molecule has 0 radical (unpaired) electrons. The van der Waals surface area contributed by atoms with Crippen LogP contribution in [0, 0.1) is 19.7 Å². The van der Waals surface area contributed by atoms with Gasteiger partial charge in [-0.3, -0.25) is 0 Å². The maximum Gasteiger partial charge on any atom is 0.238 e. The van der Waals surface area contributed by atoms with Crippen LogP contribution in [0.4, 0.5) is 4.39 Å². The Morgan fingerprint density at radius 1 is 1.28 bits per heavy atom. The van der Waals surface area contributed by atoms with Crippen LogP contribution in [0.25, 0.3) is 10.9 Å². The van der Waals surface area contributed by atoms with Gasteiger partial charge in [0.15, 0.2) is 0 Å². The zero-order valence-corrected chi connectivity index (χ0v) is 14.4. The van der Waals surface area contributed by atoms with E-state index in [1.807, 2.05) is 6.20 Å². The van der Waals surface area contributed by atoms with E-state index in [4.69, 9.17) is 9.47 Å². The van der Waals surface area contributed by atoms with E-state index in [2.05, 4.69) is 23.8 Å². The lowest BCUT2D eigenvalue weighted by atomic mass is 10.0. The minimum absolute atomic E-state index is 0.222. The number of hydrogen-bond acceptors (Lipinski definition) is 3. The van der Waals surface area contributed by atoms with Gasteiger partial charge in [0.05, 0.1) is 19.3 Å². The first-order chi connectivity index (χ1) is 12.1. The Hall–Kier alpha value is -2.40. The third-order valence-corrected chi connectivity index (χ3v) is 4.77. The molecular formula is C20H21FN2O2. The summed E-state index contributed by atoms with van der Waals surface area (Å²) in [7, 11) is 0. The summed E-state index contributed by atoms with van der Waals surface area (Å²) in [6.07, 6.45) is 3.82. The van der Waals surface area contributed by atoms with Crippen LogP contribution in [0.3, 0.4) is 0 Å². The van der Waals surface area contributed by atoms with Gasteiger partial charge in [0.1, 0.15) is 11.3 Å². The molecule has 1 unspecified atom stereocenters. The Kier molecular flexibility index (Phi) is 4.17. The minimum atomic E-state index is -0.222. The van der Waals surface area contributed by atoms with Gasteiger partial charge < -0.3 is 14.5 Å². The molecule has 3 heterocycles. The summed E-state index contributed by atoms with van der Waals surface area (Å²) < 4.78 is 24.3. The summed E-state index contributed by atoms with van der Waals surface area (Å²) in [5.41, 5.74) is 5.55. The molecule has 1 N–H and O–H groups in total. The Bertz CT molecular complexity index is 898. The largest absolute Gasteiger partial charge is 0.476 e. The van der Waals surface area contributed by atoms with Crippen LogP contribution in [0.15, 0.2) is 30.5 Å². The van der Waals surface area contributed by atoms with Crippen LogP contribution in [0.2, 0.25) is 0 Å². The number of aryl methyl sites for hydroxylation is 2. The number of H-pyrrole nitrogens is 1. The van der Waals surface area contributed by atoms with Crippen LogP contribution < -0.4 is 4.74 Å². The number of fused-ring (bicyclic) bond motifs is 1. The fourth-order valence-electron chi connectivity index (χ4n) is 3.16. The molecule has 0 saturated carbocycles. The van der Waals surface area contributed by atoms with Gasteiger partial charge in [-0.15, -0.1) is 0 Å². The highest BCUT2D eigenvalue weighted by Gasteiger charge is 2.25. The fourth-order valence-corrected chi connectivity index (χ4v) is 3.16. The lowest BCUT2D eigenvalue weighted by Crippen LogP contribution is -2.04. The highest BCUT2D eigenvalue weighted by Crippen LogP contribution is 2.32. The van der Waals surface area contributed by atoms with Crippen LogP contribution in [-0.2, 0) is 17.6 Å². The normalized spacial score (nSPS) is 16.4. The lowest BCUT2D eigenvalue weighted by Gasteiger charge is -2.09. The van der Waals surface area contributed by atoms with Crippen molar-refractivity contribution in [2.75, 3.05) is 13.2 Å². The van der Waals surface area contributed by atoms with Crippen LogP contribution in [0.5, 0.6) is 5.88 Å². The van der Waals surface area contributed by atoms with Crippen LogP contribution in [-0.4, -0.2) is 29.3 Å². The molecule has 4 nitrogen and oxygen atoms in total. The van der Waals surface area contributed by atoms with Crippen molar-refractivity contribution in [3.05, 3.63) is 58.7 Å². The van der Waals surface area contributed by atoms with E-state index in [1.54, 1.807) is 12.1 Å². The highest BCUT2D eigenvalue weighted by molar-refractivity contribution is 5.91. The predicted molar refractivity (Wildman–Crippen MR) is 94.6 cm³/mol. The quantitative estimate of drug-likeness (QED) is 0.693. The lowest BCUT2D eigenvalue weighted by molar-refractivity contribution is 0.313. The number of ether oxygens (including phenoxy) is 2. The molecule has 0 spiro atoms.